The largest absolute Gasteiger partial charge is 0.455 e. The van der Waals surface area contributed by atoms with Gasteiger partial charge in [-0.25, -0.2) is 0 Å². The van der Waals surface area contributed by atoms with Crippen molar-refractivity contribution >= 4 is 41.0 Å². The van der Waals surface area contributed by atoms with Gasteiger partial charge in [0.2, 0.25) is 11.8 Å². The molecule has 53 heavy (non-hydrogen) atoms. The lowest BCUT2D eigenvalue weighted by Gasteiger charge is -2.39. The molecule has 1 spiro atoms. The Morgan fingerprint density at radius 2 is 1.79 bits per heavy atom. The van der Waals surface area contributed by atoms with Crippen molar-refractivity contribution in [2.24, 2.45) is 11.8 Å². The zero-order valence-corrected chi connectivity index (χ0v) is 30.6. The molecule has 3 aromatic carbocycles. The van der Waals surface area contributed by atoms with E-state index in [1.807, 2.05) is 73.7 Å². The molecule has 0 aromatic heterocycles. The third-order valence-electron chi connectivity index (χ3n) is 10.7. The van der Waals surface area contributed by atoms with Gasteiger partial charge >= 0.3 is 5.97 Å². The fourth-order valence-electron chi connectivity index (χ4n) is 8.34. The molecule has 3 fully saturated rings. The van der Waals surface area contributed by atoms with E-state index in [9.17, 15) is 19.5 Å². The highest BCUT2D eigenvalue weighted by atomic mass is 35.5. The van der Waals surface area contributed by atoms with Crippen LogP contribution < -0.4 is 10.2 Å². The van der Waals surface area contributed by atoms with Gasteiger partial charge in [-0.15, -0.1) is 13.2 Å². The van der Waals surface area contributed by atoms with E-state index in [2.05, 4.69) is 18.5 Å². The normalized spacial score (nSPS) is 23.9. The number of hydrogen-bond donors (Lipinski definition) is 2. The van der Waals surface area contributed by atoms with Gasteiger partial charge in [-0.3, -0.25) is 19.2 Å². The number of carbonyl (C=O) groups is 4. The molecule has 7 atom stereocenters. The van der Waals surface area contributed by atoms with Gasteiger partial charge in [0.15, 0.2) is 0 Å². The van der Waals surface area contributed by atoms with Crippen LogP contribution in [0.3, 0.4) is 0 Å². The van der Waals surface area contributed by atoms with Gasteiger partial charge in [0, 0.05) is 13.0 Å². The van der Waals surface area contributed by atoms with Crippen molar-refractivity contribution in [1.29, 1.82) is 0 Å². The number of allylic oxidation sites excluding steroid dienone is 1. The summed E-state index contributed by atoms with van der Waals surface area (Å²) < 4.78 is 12.9. The first-order chi connectivity index (χ1) is 25.6. The minimum Gasteiger partial charge on any atom is -0.455 e. The minimum absolute atomic E-state index is 0.0261. The summed E-state index contributed by atoms with van der Waals surface area (Å²) in [6.07, 6.45) is 3.52. The lowest BCUT2D eigenvalue weighted by Crippen LogP contribution is -2.59. The van der Waals surface area contributed by atoms with Crippen LogP contribution in [0.1, 0.15) is 48.5 Å². The maximum atomic E-state index is 15.2. The van der Waals surface area contributed by atoms with Gasteiger partial charge in [-0.2, -0.15) is 0 Å². The van der Waals surface area contributed by atoms with Gasteiger partial charge in [0.1, 0.15) is 17.7 Å². The van der Waals surface area contributed by atoms with Crippen LogP contribution in [-0.2, 0) is 35.1 Å². The monoisotopic (exact) mass is 739 g/mol. The third kappa shape index (κ3) is 7.40. The third-order valence-corrected chi connectivity index (χ3v) is 11.0. The van der Waals surface area contributed by atoms with Gasteiger partial charge in [0.05, 0.1) is 47.8 Å². The molecule has 278 valence electrons. The van der Waals surface area contributed by atoms with E-state index in [0.29, 0.717) is 35.5 Å². The molecule has 3 saturated heterocycles. The summed E-state index contributed by atoms with van der Waals surface area (Å²) in [4.78, 5) is 60.0. The molecule has 0 aliphatic carbocycles. The van der Waals surface area contributed by atoms with Gasteiger partial charge < -0.3 is 29.7 Å². The smallest absolute Gasteiger partial charge is 0.313 e. The number of aliphatic hydroxyl groups is 1. The van der Waals surface area contributed by atoms with Gasteiger partial charge in [-0.05, 0) is 55.4 Å². The molecular formula is C42H46ClN3O7. The van der Waals surface area contributed by atoms with E-state index in [1.54, 1.807) is 24.3 Å². The number of fused-ring (bicyclic) bond motifs is 1. The van der Waals surface area contributed by atoms with E-state index in [-0.39, 0.29) is 31.8 Å². The zero-order chi connectivity index (χ0) is 37.7. The number of aryl methyl sites for hydroxylation is 1. The van der Waals surface area contributed by atoms with Crippen LogP contribution >= 0.6 is 11.6 Å². The summed E-state index contributed by atoms with van der Waals surface area (Å²) in [6.45, 7) is 9.11. The summed E-state index contributed by atoms with van der Waals surface area (Å²) in [5.41, 5.74) is 1.41. The number of esters is 1. The van der Waals surface area contributed by atoms with Crippen LogP contribution in [0.5, 0.6) is 0 Å². The highest BCUT2D eigenvalue weighted by Gasteiger charge is 2.75. The molecule has 0 unspecified atom stereocenters. The first-order valence-electron chi connectivity index (χ1n) is 18.1. The number of para-hydroxylation sites is 1. The van der Waals surface area contributed by atoms with Crippen LogP contribution in [0.25, 0.3) is 0 Å². The fraction of sp³-hybridized carbons (Fsp3) is 0.381. The summed E-state index contributed by atoms with van der Waals surface area (Å²) in [5.74, 6) is -3.83. The predicted molar refractivity (Wildman–Crippen MR) is 202 cm³/mol. The topological polar surface area (TPSA) is 125 Å². The van der Waals surface area contributed by atoms with Gasteiger partial charge in [0.25, 0.3) is 5.91 Å². The van der Waals surface area contributed by atoms with Crippen LogP contribution in [0, 0.1) is 18.8 Å². The lowest BCUT2D eigenvalue weighted by molar-refractivity contribution is -0.161. The van der Waals surface area contributed by atoms with E-state index in [0.717, 1.165) is 11.1 Å². The molecule has 0 saturated carbocycles. The second kappa shape index (κ2) is 16.5. The summed E-state index contributed by atoms with van der Waals surface area (Å²) in [7, 11) is 0. The summed E-state index contributed by atoms with van der Waals surface area (Å²) >= 11 is 6.72. The number of rotatable bonds is 16. The minimum atomic E-state index is -1.37. The molecule has 3 heterocycles. The molecule has 3 amide bonds. The van der Waals surface area contributed by atoms with Crippen LogP contribution in [0.2, 0.25) is 5.02 Å². The second-order valence-corrected chi connectivity index (χ2v) is 14.3. The number of halogens is 1. The molecule has 3 aliphatic rings. The van der Waals surface area contributed by atoms with Gasteiger partial charge in [-0.1, -0.05) is 96.5 Å². The SMILES string of the molecule is C=CCCC(=O)NC[C@H](OC(=O)[C@@H]1[C@@H]2CC[C@]3(O2)[C@H](C(=O)N(CC=C)c2c(C)cccc2Cl)N([C@@H](CO)Cc2ccccc2)C(=O)[C@@H]13)c1ccccc1. The van der Waals surface area contributed by atoms with E-state index < -0.39 is 66.1 Å². The standard InChI is InChI=1S/C42H46ClN3O7/c1-4-6-20-34(48)44-25-33(29-17-11-8-12-18-29)52-41(51)35-32-21-22-42(53-32)36(35)39(49)46(30(26-47)24-28-15-9-7-10-16-28)38(42)40(50)45(23-5-2)37-27(3)14-13-19-31(37)43/h4-5,7-19,30,32-33,35-36,38,47H,1-2,6,20-26H2,3H3,(H,44,48)/t30-,32+,33+,35-,36-,38+,42-/m1/s1. The molecule has 11 heteroatoms. The fourth-order valence-corrected chi connectivity index (χ4v) is 8.67. The van der Waals surface area contributed by atoms with Crippen molar-refractivity contribution in [2.75, 3.05) is 24.6 Å². The Bertz CT molecular complexity index is 1820. The maximum Gasteiger partial charge on any atom is 0.313 e. The highest BCUT2D eigenvalue weighted by Crippen LogP contribution is 2.59. The lowest BCUT2D eigenvalue weighted by atomic mass is 9.70. The van der Waals surface area contributed by atoms with Crippen molar-refractivity contribution in [3.63, 3.8) is 0 Å². The molecule has 3 aliphatic heterocycles. The van der Waals surface area contributed by atoms with E-state index in [1.165, 1.54) is 9.80 Å². The molecule has 6 rings (SSSR count). The van der Waals surface area contributed by atoms with E-state index >= 15 is 4.79 Å². The van der Waals surface area contributed by atoms with Crippen molar-refractivity contribution in [3.05, 3.63) is 126 Å². The number of nitrogens with one attached hydrogen (secondary N) is 1. The Labute approximate surface area is 315 Å². The Kier molecular flexibility index (Phi) is 11.8. The van der Waals surface area contributed by atoms with Crippen molar-refractivity contribution < 1.29 is 33.8 Å². The molecular weight excluding hydrogens is 694 g/mol. The number of nitrogens with zero attached hydrogens (tertiary/aromatic N) is 2. The number of carbonyl (C=O) groups excluding carboxylic acids is 4. The number of benzene rings is 3. The van der Waals surface area contributed by atoms with Crippen molar-refractivity contribution in [2.45, 2.75) is 68.9 Å². The zero-order valence-electron chi connectivity index (χ0n) is 29.9. The summed E-state index contributed by atoms with van der Waals surface area (Å²) in [6, 6.07) is 21.9. The number of aliphatic hydroxyl groups excluding tert-OH is 1. The Morgan fingerprint density at radius 3 is 2.45 bits per heavy atom. The molecule has 3 aromatic rings. The average molecular weight is 740 g/mol. The van der Waals surface area contributed by atoms with Crippen LogP contribution in [0.4, 0.5) is 5.69 Å². The number of amides is 3. The average Bonchev–Trinajstić information content (AvgIpc) is 3.82. The summed E-state index contributed by atoms with van der Waals surface area (Å²) in [5, 5.41) is 14.1. The molecule has 2 N–H and O–H groups in total. The number of likely N-dealkylation sites (tertiary alicyclic amines) is 1. The van der Waals surface area contributed by atoms with Crippen molar-refractivity contribution in [3.8, 4) is 0 Å². The second-order valence-electron chi connectivity index (χ2n) is 13.9. The van der Waals surface area contributed by atoms with Crippen LogP contribution in [-0.4, -0.2) is 77.2 Å². The van der Waals surface area contributed by atoms with E-state index in [4.69, 9.17) is 21.1 Å². The Hall–Kier alpha value is -4.77. The maximum absolute atomic E-state index is 15.2. The first-order valence-corrected chi connectivity index (χ1v) is 18.5. The van der Waals surface area contributed by atoms with Crippen LogP contribution in [0.15, 0.2) is 104 Å². The number of anilines is 1. The number of hydrogen-bond acceptors (Lipinski definition) is 7. The number of ether oxygens (including phenoxy) is 2. The quantitative estimate of drug-likeness (QED) is 0.147. The molecule has 10 nitrogen and oxygen atoms in total. The Morgan fingerprint density at radius 1 is 1.08 bits per heavy atom. The molecule has 2 bridgehead atoms. The molecule has 0 radical (unpaired) electrons. The first kappa shape index (κ1) is 38.0. The van der Waals surface area contributed by atoms with Crippen molar-refractivity contribution in [1.82, 2.24) is 10.2 Å². The predicted octanol–water partition coefficient (Wildman–Crippen LogP) is 5.51. The Balaban J connectivity index is 1.38. The highest BCUT2D eigenvalue weighted by molar-refractivity contribution is 6.34.